The molecule has 3 rings (SSSR count). The highest BCUT2D eigenvalue weighted by molar-refractivity contribution is 7.99. The van der Waals surface area contributed by atoms with Gasteiger partial charge >= 0.3 is 0 Å². The van der Waals surface area contributed by atoms with Crippen LogP contribution in [0, 0.1) is 0 Å². The number of carbonyl (C=O) groups excluding carboxylic acids is 1. The van der Waals surface area contributed by atoms with Crippen LogP contribution in [-0.4, -0.2) is 18.3 Å². The summed E-state index contributed by atoms with van der Waals surface area (Å²) in [5, 5.41) is 3.15. The predicted molar refractivity (Wildman–Crippen MR) is 93.8 cm³/mol. The molecule has 1 aliphatic heterocycles. The van der Waals surface area contributed by atoms with Gasteiger partial charge in [-0.05, 0) is 30.4 Å². The number of amides is 1. The highest BCUT2D eigenvalue weighted by Gasteiger charge is 2.22. The van der Waals surface area contributed by atoms with Gasteiger partial charge in [0.05, 0.1) is 12.6 Å². The molecule has 120 valence electrons. The van der Waals surface area contributed by atoms with E-state index in [1.165, 1.54) is 4.90 Å². The SMILES string of the molecule is O=C(CCCSc1ccccc1)NC1CCOc2ccccc21. The van der Waals surface area contributed by atoms with Crippen LogP contribution in [0.1, 0.15) is 30.9 Å². The molecule has 0 fully saturated rings. The Bertz CT molecular complexity index is 645. The van der Waals surface area contributed by atoms with Crippen molar-refractivity contribution in [1.82, 2.24) is 5.32 Å². The predicted octanol–water partition coefficient (Wildman–Crippen LogP) is 4.20. The van der Waals surface area contributed by atoms with E-state index >= 15 is 0 Å². The summed E-state index contributed by atoms with van der Waals surface area (Å²) in [6.45, 7) is 0.659. The van der Waals surface area contributed by atoms with Gasteiger partial charge in [0.1, 0.15) is 5.75 Å². The highest BCUT2D eigenvalue weighted by atomic mass is 32.2. The molecule has 2 aromatic carbocycles. The number of rotatable bonds is 6. The smallest absolute Gasteiger partial charge is 0.220 e. The quantitative estimate of drug-likeness (QED) is 0.638. The van der Waals surface area contributed by atoms with Crippen LogP contribution in [0.4, 0.5) is 0 Å². The molecule has 0 saturated heterocycles. The third-order valence-electron chi connectivity index (χ3n) is 3.85. The first kappa shape index (κ1) is 15.9. The second-order valence-electron chi connectivity index (χ2n) is 5.56. The summed E-state index contributed by atoms with van der Waals surface area (Å²) in [6.07, 6.45) is 2.29. The average Bonchev–Trinajstić information content (AvgIpc) is 2.60. The van der Waals surface area contributed by atoms with E-state index in [9.17, 15) is 4.79 Å². The van der Waals surface area contributed by atoms with E-state index in [2.05, 4.69) is 17.4 Å². The molecule has 0 spiro atoms. The molecule has 1 amide bonds. The Morgan fingerprint density at radius 1 is 1.13 bits per heavy atom. The van der Waals surface area contributed by atoms with Crippen LogP contribution in [-0.2, 0) is 4.79 Å². The van der Waals surface area contributed by atoms with Crippen LogP contribution in [0.3, 0.4) is 0 Å². The Balaban J connectivity index is 1.43. The van der Waals surface area contributed by atoms with Crippen molar-refractivity contribution in [3.8, 4) is 5.75 Å². The maximum atomic E-state index is 12.2. The Labute approximate surface area is 141 Å². The van der Waals surface area contributed by atoms with Gasteiger partial charge in [-0.15, -0.1) is 11.8 Å². The number of benzene rings is 2. The van der Waals surface area contributed by atoms with Gasteiger partial charge in [-0.3, -0.25) is 4.79 Å². The van der Waals surface area contributed by atoms with Gasteiger partial charge in [0.25, 0.3) is 0 Å². The Morgan fingerprint density at radius 2 is 1.91 bits per heavy atom. The lowest BCUT2D eigenvalue weighted by atomic mass is 10.0. The van der Waals surface area contributed by atoms with Gasteiger partial charge in [0.2, 0.25) is 5.91 Å². The Morgan fingerprint density at radius 3 is 2.78 bits per heavy atom. The van der Waals surface area contributed by atoms with Crippen molar-refractivity contribution >= 4 is 17.7 Å². The van der Waals surface area contributed by atoms with Crippen molar-refractivity contribution in [3.05, 3.63) is 60.2 Å². The van der Waals surface area contributed by atoms with Crippen LogP contribution in [0.5, 0.6) is 5.75 Å². The van der Waals surface area contributed by atoms with Crippen molar-refractivity contribution in [2.75, 3.05) is 12.4 Å². The minimum atomic E-state index is 0.0780. The molecule has 4 heteroatoms. The molecular weight excluding hydrogens is 306 g/mol. The van der Waals surface area contributed by atoms with Gasteiger partial charge in [-0.25, -0.2) is 0 Å². The number of hydrogen-bond donors (Lipinski definition) is 1. The minimum Gasteiger partial charge on any atom is -0.493 e. The molecule has 1 N–H and O–H groups in total. The lowest BCUT2D eigenvalue weighted by molar-refractivity contribution is -0.122. The topological polar surface area (TPSA) is 38.3 Å². The molecule has 3 nitrogen and oxygen atoms in total. The van der Waals surface area contributed by atoms with Gasteiger partial charge in [0.15, 0.2) is 0 Å². The van der Waals surface area contributed by atoms with E-state index in [1.807, 2.05) is 42.5 Å². The molecule has 1 atom stereocenters. The number of carbonyl (C=O) groups is 1. The minimum absolute atomic E-state index is 0.0780. The van der Waals surface area contributed by atoms with Crippen LogP contribution in [0.2, 0.25) is 0 Å². The van der Waals surface area contributed by atoms with E-state index in [-0.39, 0.29) is 11.9 Å². The zero-order valence-electron chi connectivity index (χ0n) is 13.0. The average molecular weight is 327 g/mol. The van der Waals surface area contributed by atoms with Crippen LogP contribution in [0.25, 0.3) is 0 Å². The van der Waals surface area contributed by atoms with Crippen LogP contribution in [0.15, 0.2) is 59.5 Å². The van der Waals surface area contributed by atoms with Crippen molar-refractivity contribution in [2.24, 2.45) is 0 Å². The number of fused-ring (bicyclic) bond motifs is 1. The summed E-state index contributed by atoms with van der Waals surface area (Å²) in [6, 6.07) is 18.3. The molecule has 0 aliphatic carbocycles. The number of hydrogen-bond acceptors (Lipinski definition) is 3. The van der Waals surface area contributed by atoms with Gasteiger partial charge in [0, 0.05) is 23.3 Å². The Kier molecular flexibility index (Phi) is 5.59. The van der Waals surface area contributed by atoms with E-state index in [0.717, 1.165) is 29.9 Å². The molecule has 0 bridgehead atoms. The molecule has 0 aromatic heterocycles. The molecule has 0 radical (unpaired) electrons. The first-order chi connectivity index (χ1) is 11.3. The zero-order valence-corrected chi connectivity index (χ0v) is 13.9. The third kappa shape index (κ3) is 4.52. The number of ether oxygens (including phenoxy) is 1. The molecule has 1 aliphatic rings. The monoisotopic (exact) mass is 327 g/mol. The van der Waals surface area contributed by atoms with E-state index < -0.39 is 0 Å². The van der Waals surface area contributed by atoms with Gasteiger partial charge in [-0.2, -0.15) is 0 Å². The summed E-state index contributed by atoms with van der Waals surface area (Å²) in [5.74, 6) is 1.98. The third-order valence-corrected chi connectivity index (χ3v) is 4.95. The lowest BCUT2D eigenvalue weighted by Crippen LogP contribution is -2.32. The maximum Gasteiger partial charge on any atom is 0.220 e. The summed E-state index contributed by atoms with van der Waals surface area (Å²) >= 11 is 1.80. The van der Waals surface area contributed by atoms with Gasteiger partial charge in [-0.1, -0.05) is 36.4 Å². The van der Waals surface area contributed by atoms with Crippen molar-refractivity contribution in [1.29, 1.82) is 0 Å². The molecule has 1 heterocycles. The fraction of sp³-hybridized carbons (Fsp3) is 0.316. The second-order valence-corrected chi connectivity index (χ2v) is 6.73. The standard InChI is InChI=1S/C19H21NO2S/c21-19(11-6-14-23-15-7-2-1-3-8-15)20-17-12-13-22-18-10-5-4-9-16(17)18/h1-5,7-10,17H,6,11-14H2,(H,20,21). The van der Waals surface area contributed by atoms with Crippen molar-refractivity contribution in [3.63, 3.8) is 0 Å². The second kappa shape index (κ2) is 8.06. The number of para-hydroxylation sites is 1. The van der Waals surface area contributed by atoms with E-state index in [0.29, 0.717) is 13.0 Å². The van der Waals surface area contributed by atoms with Gasteiger partial charge < -0.3 is 10.1 Å². The van der Waals surface area contributed by atoms with Crippen molar-refractivity contribution in [2.45, 2.75) is 30.2 Å². The zero-order chi connectivity index (χ0) is 15.9. The van der Waals surface area contributed by atoms with Crippen LogP contribution < -0.4 is 10.1 Å². The normalized spacial score (nSPS) is 16.3. The lowest BCUT2D eigenvalue weighted by Gasteiger charge is -2.26. The van der Waals surface area contributed by atoms with E-state index in [1.54, 1.807) is 11.8 Å². The maximum absolute atomic E-state index is 12.2. The molecule has 0 saturated carbocycles. The summed E-state index contributed by atoms with van der Waals surface area (Å²) in [5.41, 5.74) is 1.09. The fourth-order valence-corrected chi connectivity index (χ4v) is 3.57. The molecular formula is C19H21NO2S. The summed E-state index contributed by atoms with van der Waals surface area (Å²) in [7, 11) is 0. The first-order valence-corrected chi connectivity index (χ1v) is 9.00. The van der Waals surface area contributed by atoms with E-state index in [4.69, 9.17) is 4.74 Å². The summed E-state index contributed by atoms with van der Waals surface area (Å²) in [4.78, 5) is 13.4. The first-order valence-electron chi connectivity index (χ1n) is 8.02. The fourth-order valence-electron chi connectivity index (χ4n) is 2.70. The largest absolute Gasteiger partial charge is 0.493 e. The molecule has 2 aromatic rings. The van der Waals surface area contributed by atoms with Crippen LogP contribution >= 0.6 is 11.8 Å². The Hall–Kier alpha value is -1.94. The molecule has 23 heavy (non-hydrogen) atoms. The number of thioether (sulfide) groups is 1. The molecule has 1 unspecified atom stereocenters. The highest BCUT2D eigenvalue weighted by Crippen LogP contribution is 2.31. The van der Waals surface area contributed by atoms with Crippen molar-refractivity contribution < 1.29 is 9.53 Å². The summed E-state index contributed by atoms with van der Waals surface area (Å²) < 4.78 is 5.63. The number of nitrogens with one attached hydrogen (secondary N) is 1.